The van der Waals surface area contributed by atoms with E-state index in [4.69, 9.17) is 11.6 Å². The molecule has 14 heteroatoms. The van der Waals surface area contributed by atoms with Crippen molar-refractivity contribution in [1.29, 1.82) is 5.26 Å². The molecule has 0 aliphatic carbocycles. The molecular formula is C24H18ClF3N10. The SMILES string of the molecule is Cn1nccc1Nc1cc(-c2cc3n(c2)CC(F)(F)Cn2c(Cn4ccc(F)c4C#N)nnc2-3)c(Cl)cn1. The van der Waals surface area contributed by atoms with Crippen molar-refractivity contribution in [3.63, 3.8) is 0 Å². The lowest BCUT2D eigenvalue weighted by atomic mass is 10.1. The normalized spacial score (nSPS) is 14.0. The van der Waals surface area contributed by atoms with Crippen LogP contribution in [0.15, 0.2) is 49.1 Å². The van der Waals surface area contributed by atoms with Crippen LogP contribution in [0.25, 0.3) is 22.6 Å². The lowest BCUT2D eigenvalue weighted by Crippen LogP contribution is -2.28. The zero-order valence-electron chi connectivity index (χ0n) is 19.8. The van der Waals surface area contributed by atoms with Crippen molar-refractivity contribution < 1.29 is 13.2 Å². The Hall–Kier alpha value is -4.57. The Balaban J connectivity index is 1.40. The largest absolute Gasteiger partial charge is 0.338 e. The number of nitrogens with zero attached hydrogens (tertiary/aromatic N) is 9. The van der Waals surface area contributed by atoms with Crippen LogP contribution in [-0.2, 0) is 26.7 Å². The Morgan fingerprint density at radius 3 is 2.82 bits per heavy atom. The number of halogens is 4. The fourth-order valence-electron chi connectivity index (χ4n) is 4.52. The number of hydrogen-bond acceptors (Lipinski definition) is 6. The Bertz CT molecular complexity index is 1720. The highest BCUT2D eigenvalue weighted by atomic mass is 35.5. The molecule has 0 fully saturated rings. The van der Waals surface area contributed by atoms with Gasteiger partial charge in [-0.2, -0.15) is 10.4 Å². The first-order chi connectivity index (χ1) is 18.2. The molecule has 0 radical (unpaired) electrons. The monoisotopic (exact) mass is 538 g/mol. The van der Waals surface area contributed by atoms with Crippen molar-refractivity contribution in [2.24, 2.45) is 7.05 Å². The average molecular weight is 539 g/mol. The van der Waals surface area contributed by atoms with E-state index in [0.717, 1.165) is 6.07 Å². The molecule has 0 aromatic carbocycles. The van der Waals surface area contributed by atoms with Gasteiger partial charge in [0, 0.05) is 42.8 Å². The minimum absolute atomic E-state index is 0.0946. The fourth-order valence-corrected chi connectivity index (χ4v) is 4.73. The van der Waals surface area contributed by atoms with Crippen molar-refractivity contribution in [2.75, 3.05) is 5.32 Å². The second kappa shape index (κ2) is 8.77. The molecule has 1 aliphatic heterocycles. The smallest absolute Gasteiger partial charge is 0.283 e. The zero-order chi connectivity index (χ0) is 26.6. The van der Waals surface area contributed by atoms with Crippen LogP contribution >= 0.6 is 11.6 Å². The Kier molecular flexibility index (Phi) is 5.50. The van der Waals surface area contributed by atoms with E-state index < -0.39 is 24.8 Å². The highest BCUT2D eigenvalue weighted by Gasteiger charge is 2.37. The quantitative estimate of drug-likeness (QED) is 0.354. The molecule has 5 aromatic rings. The minimum Gasteiger partial charge on any atom is -0.338 e. The highest BCUT2D eigenvalue weighted by molar-refractivity contribution is 6.33. The summed E-state index contributed by atoms with van der Waals surface area (Å²) in [5.41, 5.74) is 1.39. The predicted molar refractivity (Wildman–Crippen MR) is 131 cm³/mol. The van der Waals surface area contributed by atoms with Gasteiger partial charge in [0.05, 0.1) is 36.5 Å². The van der Waals surface area contributed by atoms with Crippen LogP contribution in [0.5, 0.6) is 0 Å². The number of rotatable bonds is 5. The number of hydrogen-bond donors (Lipinski definition) is 1. The maximum atomic E-state index is 15.1. The Morgan fingerprint density at radius 2 is 2.05 bits per heavy atom. The second-order valence-corrected chi connectivity index (χ2v) is 9.30. The summed E-state index contributed by atoms with van der Waals surface area (Å²) in [5, 5.41) is 25.2. The summed E-state index contributed by atoms with van der Waals surface area (Å²) < 4.78 is 49.8. The second-order valence-electron chi connectivity index (χ2n) is 8.89. The van der Waals surface area contributed by atoms with Gasteiger partial charge in [0.1, 0.15) is 17.7 Å². The highest BCUT2D eigenvalue weighted by Crippen LogP contribution is 2.37. The summed E-state index contributed by atoms with van der Waals surface area (Å²) in [5.74, 6) is -2.22. The third-order valence-corrected chi connectivity index (χ3v) is 6.62. The molecule has 1 N–H and O–H groups in total. The number of nitrogens with one attached hydrogen (secondary N) is 1. The molecule has 0 saturated heterocycles. The van der Waals surface area contributed by atoms with E-state index in [1.54, 1.807) is 48.4 Å². The fraction of sp³-hybridized carbons (Fsp3) is 0.208. The van der Waals surface area contributed by atoms with Crippen molar-refractivity contribution in [1.82, 2.24) is 38.7 Å². The van der Waals surface area contributed by atoms with Gasteiger partial charge in [-0.1, -0.05) is 11.6 Å². The number of alkyl halides is 2. The van der Waals surface area contributed by atoms with Gasteiger partial charge >= 0.3 is 0 Å². The van der Waals surface area contributed by atoms with Crippen molar-refractivity contribution in [3.05, 3.63) is 71.4 Å². The van der Waals surface area contributed by atoms with Crippen molar-refractivity contribution >= 4 is 23.2 Å². The molecule has 0 spiro atoms. The molecule has 0 unspecified atom stereocenters. The van der Waals surface area contributed by atoms with Crippen LogP contribution in [0.3, 0.4) is 0 Å². The van der Waals surface area contributed by atoms with Crippen LogP contribution in [0.4, 0.5) is 24.8 Å². The first-order valence-corrected chi connectivity index (χ1v) is 11.8. The van der Waals surface area contributed by atoms with Crippen LogP contribution in [0, 0.1) is 17.1 Å². The molecule has 0 atom stereocenters. The van der Waals surface area contributed by atoms with E-state index >= 15 is 8.78 Å². The van der Waals surface area contributed by atoms with Crippen LogP contribution in [0.2, 0.25) is 5.02 Å². The molecule has 192 valence electrons. The summed E-state index contributed by atoms with van der Waals surface area (Å²) in [6.45, 7) is -1.35. The van der Waals surface area contributed by atoms with E-state index in [1.807, 2.05) is 0 Å². The minimum atomic E-state index is -3.14. The van der Waals surface area contributed by atoms with Gasteiger partial charge in [0.25, 0.3) is 5.92 Å². The van der Waals surface area contributed by atoms with E-state index in [-0.39, 0.29) is 23.9 Å². The van der Waals surface area contributed by atoms with E-state index in [9.17, 15) is 9.65 Å². The number of pyridine rings is 1. The van der Waals surface area contributed by atoms with Gasteiger partial charge in [-0.3, -0.25) is 4.68 Å². The van der Waals surface area contributed by atoms with Gasteiger partial charge in [-0.15, -0.1) is 10.2 Å². The predicted octanol–water partition coefficient (Wildman–Crippen LogP) is 4.45. The molecule has 5 aromatic heterocycles. The van der Waals surface area contributed by atoms with E-state index in [2.05, 4.69) is 25.6 Å². The van der Waals surface area contributed by atoms with Gasteiger partial charge in [-0.05, 0) is 18.2 Å². The topological polar surface area (TPSA) is 107 Å². The lowest BCUT2D eigenvalue weighted by molar-refractivity contribution is -0.0301. The summed E-state index contributed by atoms with van der Waals surface area (Å²) in [6, 6.07) is 8.14. The van der Waals surface area contributed by atoms with Gasteiger partial charge in [-0.25, -0.2) is 18.2 Å². The standard InChI is InChI=1S/C24H18ClF3N10/c1-35-21(2-4-31-35)32-20-7-15(16(25)9-30-20)14-6-18-23-34-33-22(11-36-5-3-17(26)19(36)8-29)38(23)13-24(27,28)12-37(18)10-14/h2-7,9-10H,11-13H2,1H3,(H,30,32). The van der Waals surface area contributed by atoms with Crippen LogP contribution in [-0.4, -0.2) is 44.6 Å². The van der Waals surface area contributed by atoms with Crippen molar-refractivity contribution in [3.8, 4) is 28.7 Å². The molecule has 38 heavy (non-hydrogen) atoms. The Labute approximate surface area is 218 Å². The first-order valence-electron chi connectivity index (χ1n) is 11.4. The van der Waals surface area contributed by atoms with E-state index in [0.29, 0.717) is 33.5 Å². The van der Waals surface area contributed by atoms with E-state index in [1.165, 1.54) is 26.1 Å². The molecule has 0 bridgehead atoms. The number of aryl methyl sites for hydroxylation is 1. The molecule has 6 heterocycles. The number of fused-ring (bicyclic) bond motifs is 3. The molecule has 1 aliphatic rings. The maximum Gasteiger partial charge on any atom is 0.283 e. The Morgan fingerprint density at radius 1 is 1.21 bits per heavy atom. The lowest BCUT2D eigenvalue weighted by Gasteiger charge is -2.16. The molecule has 6 rings (SSSR count). The molecular weight excluding hydrogens is 521 g/mol. The van der Waals surface area contributed by atoms with Gasteiger partial charge in [0.15, 0.2) is 23.2 Å². The number of anilines is 2. The third-order valence-electron chi connectivity index (χ3n) is 6.32. The number of aromatic nitrogens is 8. The molecule has 0 saturated carbocycles. The molecule has 10 nitrogen and oxygen atoms in total. The van der Waals surface area contributed by atoms with Crippen LogP contribution < -0.4 is 5.32 Å². The maximum absolute atomic E-state index is 15.1. The number of nitriles is 1. The van der Waals surface area contributed by atoms with Crippen LogP contribution in [0.1, 0.15) is 11.5 Å². The third kappa shape index (κ3) is 4.08. The average Bonchev–Trinajstić information content (AvgIpc) is 3.63. The zero-order valence-corrected chi connectivity index (χ0v) is 20.5. The first kappa shape index (κ1) is 23.8. The molecule has 0 amide bonds. The summed E-state index contributed by atoms with van der Waals surface area (Å²) in [4.78, 5) is 4.31. The van der Waals surface area contributed by atoms with Gasteiger partial charge < -0.3 is 19.0 Å². The van der Waals surface area contributed by atoms with Crippen molar-refractivity contribution in [2.45, 2.75) is 25.6 Å². The van der Waals surface area contributed by atoms with Gasteiger partial charge in [0.2, 0.25) is 0 Å². The summed E-state index contributed by atoms with van der Waals surface area (Å²) in [6.07, 6.45) is 6.09. The summed E-state index contributed by atoms with van der Waals surface area (Å²) >= 11 is 6.46. The summed E-state index contributed by atoms with van der Waals surface area (Å²) in [7, 11) is 1.78.